The highest BCUT2D eigenvalue weighted by molar-refractivity contribution is 7.89. The van der Waals surface area contributed by atoms with E-state index in [0.717, 1.165) is 25.9 Å². The SMILES string of the molecule is CC1CC(C)CN(S(=O)(=O)c2ccc(C(=O)NC3CNCCC3C)cc2)C1. The first-order valence-corrected chi connectivity index (χ1v) is 11.3. The molecule has 2 N–H and O–H groups in total. The van der Waals surface area contributed by atoms with Gasteiger partial charge in [-0.3, -0.25) is 4.79 Å². The Hall–Kier alpha value is -1.44. The van der Waals surface area contributed by atoms with Gasteiger partial charge >= 0.3 is 0 Å². The Bertz CT molecular complexity index is 753. The number of piperidine rings is 2. The molecule has 0 aromatic heterocycles. The predicted molar refractivity (Wildman–Crippen MR) is 106 cm³/mol. The molecule has 2 aliphatic rings. The highest BCUT2D eigenvalue weighted by Gasteiger charge is 2.31. The van der Waals surface area contributed by atoms with E-state index in [1.165, 1.54) is 0 Å². The summed E-state index contributed by atoms with van der Waals surface area (Å²) in [4.78, 5) is 12.8. The summed E-state index contributed by atoms with van der Waals surface area (Å²) in [6.45, 7) is 9.18. The van der Waals surface area contributed by atoms with Crippen LogP contribution in [-0.4, -0.2) is 50.9 Å². The Balaban J connectivity index is 1.69. The van der Waals surface area contributed by atoms with Crippen molar-refractivity contribution in [2.24, 2.45) is 17.8 Å². The summed E-state index contributed by atoms with van der Waals surface area (Å²) in [5.74, 6) is 0.997. The highest BCUT2D eigenvalue weighted by Crippen LogP contribution is 2.26. The van der Waals surface area contributed by atoms with Gasteiger partial charge in [-0.2, -0.15) is 4.31 Å². The number of rotatable bonds is 4. The monoisotopic (exact) mass is 393 g/mol. The van der Waals surface area contributed by atoms with Crippen LogP contribution in [0.2, 0.25) is 0 Å². The number of carbonyl (C=O) groups excluding carboxylic acids is 1. The van der Waals surface area contributed by atoms with Gasteiger partial charge in [-0.05, 0) is 61.4 Å². The molecule has 6 nitrogen and oxygen atoms in total. The molecule has 3 rings (SSSR count). The number of benzene rings is 1. The van der Waals surface area contributed by atoms with E-state index >= 15 is 0 Å². The first-order valence-electron chi connectivity index (χ1n) is 9.89. The van der Waals surface area contributed by atoms with Gasteiger partial charge in [0.2, 0.25) is 10.0 Å². The lowest BCUT2D eigenvalue weighted by Gasteiger charge is -2.34. The Kier molecular flexibility index (Phi) is 6.23. The highest BCUT2D eigenvalue weighted by atomic mass is 32.2. The molecule has 7 heteroatoms. The second-order valence-corrected chi connectivity index (χ2v) is 10.3. The molecule has 1 amide bonds. The van der Waals surface area contributed by atoms with Gasteiger partial charge in [-0.1, -0.05) is 20.8 Å². The Morgan fingerprint density at radius 1 is 1.11 bits per heavy atom. The van der Waals surface area contributed by atoms with E-state index in [4.69, 9.17) is 0 Å². The zero-order valence-electron chi connectivity index (χ0n) is 16.4. The summed E-state index contributed by atoms with van der Waals surface area (Å²) in [6, 6.07) is 6.43. The van der Waals surface area contributed by atoms with Crippen molar-refractivity contribution in [3.63, 3.8) is 0 Å². The molecule has 2 heterocycles. The van der Waals surface area contributed by atoms with Gasteiger partial charge < -0.3 is 10.6 Å². The van der Waals surface area contributed by atoms with Crippen molar-refractivity contribution in [1.82, 2.24) is 14.9 Å². The first kappa shape index (κ1) is 20.3. The van der Waals surface area contributed by atoms with E-state index < -0.39 is 10.0 Å². The van der Waals surface area contributed by atoms with Crippen molar-refractivity contribution in [2.75, 3.05) is 26.2 Å². The van der Waals surface area contributed by atoms with Crippen LogP contribution in [0.3, 0.4) is 0 Å². The molecule has 1 aromatic rings. The number of hydrogen-bond donors (Lipinski definition) is 2. The van der Waals surface area contributed by atoms with E-state index in [0.29, 0.717) is 36.4 Å². The average Bonchev–Trinajstić information content (AvgIpc) is 2.63. The number of amides is 1. The van der Waals surface area contributed by atoms with Crippen LogP contribution in [-0.2, 0) is 10.0 Å². The number of nitrogens with zero attached hydrogens (tertiary/aromatic N) is 1. The van der Waals surface area contributed by atoms with Gasteiger partial charge in [0.25, 0.3) is 5.91 Å². The van der Waals surface area contributed by atoms with E-state index in [9.17, 15) is 13.2 Å². The first-order chi connectivity index (χ1) is 12.8. The van der Waals surface area contributed by atoms with E-state index in [2.05, 4.69) is 31.4 Å². The van der Waals surface area contributed by atoms with Crippen molar-refractivity contribution in [3.05, 3.63) is 29.8 Å². The quantitative estimate of drug-likeness (QED) is 0.821. The minimum Gasteiger partial charge on any atom is -0.348 e. The zero-order chi connectivity index (χ0) is 19.6. The molecule has 150 valence electrons. The third-order valence-corrected chi connectivity index (χ3v) is 7.58. The van der Waals surface area contributed by atoms with Crippen LogP contribution < -0.4 is 10.6 Å². The van der Waals surface area contributed by atoms with Crippen LogP contribution in [0, 0.1) is 17.8 Å². The molecule has 0 aliphatic carbocycles. The number of hydrogen-bond acceptors (Lipinski definition) is 4. The maximum atomic E-state index is 12.9. The van der Waals surface area contributed by atoms with Gasteiger partial charge in [0, 0.05) is 31.2 Å². The van der Waals surface area contributed by atoms with Crippen LogP contribution in [0.15, 0.2) is 29.2 Å². The van der Waals surface area contributed by atoms with Crippen molar-refractivity contribution >= 4 is 15.9 Å². The molecule has 0 bridgehead atoms. The fraction of sp³-hybridized carbons (Fsp3) is 0.650. The summed E-state index contributed by atoms with van der Waals surface area (Å²) >= 11 is 0. The summed E-state index contributed by atoms with van der Waals surface area (Å²) < 4.78 is 27.5. The van der Waals surface area contributed by atoms with Gasteiger partial charge in [0.1, 0.15) is 0 Å². The topological polar surface area (TPSA) is 78.5 Å². The lowest BCUT2D eigenvalue weighted by molar-refractivity contribution is 0.0915. The van der Waals surface area contributed by atoms with Crippen LogP contribution in [0.25, 0.3) is 0 Å². The van der Waals surface area contributed by atoms with Crippen LogP contribution in [0.4, 0.5) is 0 Å². The molecule has 0 spiro atoms. The van der Waals surface area contributed by atoms with Crippen molar-refractivity contribution in [3.8, 4) is 0 Å². The standard InChI is InChI=1S/C20H31N3O3S/c1-14-10-15(2)13-23(12-14)27(25,26)18-6-4-17(5-7-18)20(24)22-19-11-21-9-8-16(19)3/h4-7,14-16,19,21H,8-13H2,1-3H3,(H,22,24). The van der Waals surface area contributed by atoms with E-state index in [1.807, 2.05) is 0 Å². The van der Waals surface area contributed by atoms with Crippen LogP contribution in [0.1, 0.15) is 44.0 Å². The molecular weight excluding hydrogens is 362 g/mol. The lowest BCUT2D eigenvalue weighted by atomic mass is 9.94. The molecular formula is C20H31N3O3S. The van der Waals surface area contributed by atoms with Gasteiger partial charge in [0.05, 0.1) is 4.90 Å². The van der Waals surface area contributed by atoms with E-state index in [1.54, 1.807) is 28.6 Å². The molecule has 2 saturated heterocycles. The molecule has 1 aromatic carbocycles. The predicted octanol–water partition coefficient (Wildman–Crippen LogP) is 2.08. The number of carbonyl (C=O) groups is 1. The largest absolute Gasteiger partial charge is 0.348 e. The fourth-order valence-corrected chi connectivity index (χ4v) is 5.84. The van der Waals surface area contributed by atoms with Crippen molar-refractivity contribution in [1.29, 1.82) is 0 Å². The molecule has 0 saturated carbocycles. The maximum absolute atomic E-state index is 12.9. The van der Waals surface area contributed by atoms with Gasteiger partial charge in [0.15, 0.2) is 0 Å². The third-order valence-electron chi connectivity index (χ3n) is 5.73. The molecule has 0 radical (unpaired) electrons. The third kappa shape index (κ3) is 4.70. The lowest BCUT2D eigenvalue weighted by Crippen LogP contribution is -2.50. The van der Waals surface area contributed by atoms with Crippen LogP contribution >= 0.6 is 0 Å². The molecule has 2 fully saturated rings. The van der Waals surface area contributed by atoms with E-state index in [-0.39, 0.29) is 16.8 Å². The summed E-state index contributed by atoms with van der Waals surface area (Å²) in [7, 11) is -3.51. The molecule has 4 unspecified atom stereocenters. The number of sulfonamides is 1. The Labute approximate surface area is 162 Å². The van der Waals surface area contributed by atoms with Gasteiger partial charge in [-0.25, -0.2) is 8.42 Å². The minimum absolute atomic E-state index is 0.103. The molecule has 4 atom stereocenters. The van der Waals surface area contributed by atoms with Crippen molar-refractivity contribution in [2.45, 2.75) is 44.6 Å². The van der Waals surface area contributed by atoms with Gasteiger partial charge in [-0.15, -0.1) is 0 Å². The molecule has 2 aliphatic heterocycles. The summed E-state index contributed by atoms with van der Waals surface area (Å²) in [5, 5.41) is 6.35. The van der Waals surface area contributed by atoms with Crippen LogP contribution in [0.5, 0.6) is 0 Å². The summed E-state index contributed by atoms with van der Waals surface area (Å²) in [6.07, 6.45) is 2.09. The maximum Gasteiger partial charge on any atom is 0.251 e. The Morgan fingerprint density at radius 3 is 2.33 bits per heavy atom. The number of nitrogens with one attached hydrogen (secondary N) is 2. The Morgan fingerprint density at radius 2 is 1.74 bits per heavy atom. The fourth-order valence-electron chi connectivity index (χ4n) is 4.16. The normalized spacial score (nSPS) is 30.0. The second-order valence-electron chi connectivity index (χ2n) is 8.34. The second kappa shape index (κ2) is 8.29. The zero-order valence-corrected chi connectivity index (χ0v) is 17.3. The van der Waals surface area contributed by atoms with Crippen molar-refractivity contribution < 1.29 is 13.2 Å². The summed E-state index contributed by atoms with van der Waals surface area (Å²) in [5.41, 5.74) is 0.493. The average molecular weight is 394 g/mol. The smallest absolute Gasteiger partial charge is 0.251 e. The molecule has 27 heavy (non-hydrogen) atoms. The minimum atomic E-state index is -3.51.